The highest BCUT2D eigenvalue weighted by atomic mass is 16.5. The van der Waals surface area contributed by atoms with E-state index in [-0.39, 0.29) is 17.3 Å². The van der Waals surface area contributed by atoms with E-state index in [2.05, 4.69) is 50.9 Å². The summed E-state index contributed by atoms with van der Waals surface area (Å²) >= 11 is 0. The molecule has 1 aliphatic rings. The smallest absolute Gasteiger partial charge is 0.337 e. The summed E-state index contributed by atoms with van der Waals surface area (Å²) in [7, 11) is 3.09. The Labute approximate surface area is 226 Å². The minimum absolute atomic E-state index is 0.0856. The van der Waals surface area contributed by atoms with Crippen molar-refractivity contribution in [2.45, 2.75) is 65.7 Å². The standard InChI is InChI=1S/C32H40N2O4/c1-21-17-24(12-14-28(21)37-5)23-9-7-22(8-10-23)20-34(29(35)19-32(2,3)4)30-27-13-11-26(31(36)38-6)18-25(27)15-16-33-30/h11-18,22-23H,7-10,19-20H2,1-6H3/t22-,23-. The van der Waals surface area contributed by atoms with Gasteiger partial charge in [0.05, 0.1) is 19.8 Å². The third-order valence-corrected chi connectivity index (χ3v) is 7.58. The van der Waals surface area contributed by atoms with E-state index in [0.29, 0.717) is 36.2 Å². The molecule has 1 saturated carbocycles. The van der Waals surface area contributed by atoms with Crippen molar-refractivity contribution in [1.82, 2.24) is 4.98 Å². The number of carbonyl (C=O) groups excluding carboxylic acids is 2. The summed E-state index contributed by atoms with van der Waals surface area (Å²) in [6, 6.07) is 13.8. The van der Waals surface area contributed by atoms with Gasteiger partial charge in [-0.25, -0.2) is 9.78 Å². The van der Waals surface area contributed by atoms with Gasteiger partial charge in [0.25, 0.3) is 0 Å². The van der Waals surface area contributed by atoms with Gasteiger partial charge in [-0.15, -0.1) is 0 Å². The summed E-state index contributed by atoms with van der Waals surface area (Å²) in [5.74, 6) is 2.23. The number of benzene rings is 2. The van der Waals surface area contributed by atoms with E-state index in [1.54, 1.807) is 25.4 Å². The summed E-state index contributed by atoms with van der Waals surface area (Å²) in [6.07, 6.45) is 6.48. The molecule has 4 rings (SSSR count). The molecular formula is C32H40N2O4. The van der Waals surface area contributed by atoms with Crippen LogP contribution in [0.25, 0.3) is 10.8 Å². The van der Waals surface area contributed by atoms with Crippen molar-refractivity contribution in [3.63, 3.8) is 0 Å². The fraction of sp³-hybridized carbons (Fsp3) is 0.469. The third kappa shape index (κ3) is 6.35. The SMILES string of the molecule is COC(=O)c1ccc2c(N(C[C@H]3CC[C@H](c4ccc(OC)c(C)c4)CC3)C(=O)CC(C)(C)C)nccc2c1. The van der Waals surface area contributed by atoms with Crippen molar-refractivity contribution in [3.8, 4) is 5.75 Å². The Morgan fingerprint density at radius 1 is 1.00 bits per heavy atom. The van der Waals surface area contributed by atoms with Crippen LogP contribution in [0.4, 0.5) is 5.82 Å². The van der Waals surface area contributed by atoms with Crippen LogP contribution in [0.5, 0.6) is 5.75 Å². The number of rotatable bonds is 7. The first-order valence-corrected chi connectivity index (χ1v) is 13.5. The zero-order valence-electron chi connectivity index (χ0n) is 23.5. The number of aryl methyl sites for hydroxylation is 1. The van der Waals surface area contributed by atoms with Gasteiger partial charge in [0.15, 0.2) is 0 Å². The second-order valence-corrected chi connectivity index (χ2v) is 11.8. The Kier molecular flexibility index (Phi) is 8.39. The van der Waals surface area contributed by atoms with Gasteiger partial charge >= 0.3 is 5.97 Å². The molecular weight excluding hydrogens is 476 g/mol. The first-order valence-electron chi connectivity index (χ1n) is 13.5. The zero-order valence-corrected chi connectivity index (χ0v) is 23.5. The molecule has 1 amide bonds. The number of hydrogen-bond donors (Lipinski definition) is 0. The van der Waals surface area contributed by atoms with Gasteiger partial charge < -0.3 is 9.47 Å². The zero-order chi connectivity index (χ0) is 27.4. The molecule has 202 valence electrons. The molecule has 1 fully saturated rings. The Hall–Kier alpha value is -3.41. The van der Waals surface area contributed by atoms with E-state index < -0.39 is 0 Å². The quantitative estimate of drug-likeness (QED) is 0.314. The summed E-state index contributed by atoms with van der Waals surface area (Å²) in [6.45, 7) is 9.00. The van der Waals surface area contributed by atoms with Crippen molar-refractivity contribution < 1.29 is 19.1 Å². The molecule has 2 aromatic carbocycles. The number of fused-ring (bicyclic) bond motifs is 1. The summed E-state index contributed by atoms with van der Waals surface area (Å²) in [5.41, 5.74) is 2.89. The molecule has 1 heterocycles. The Morgan fingerprint density at radius 3 is 2.37 bits per heavy atom. The maximum absolute atomic E-state index is 13.7. The van der Waals surface area contributed by atoms with Crippen LogP contribution in [0.1, 0.15) is 80.3 Å². The minimum atomic E-state index is -0.380. The van der Waals surface area contributed by atoms with Crippen molar-refractivity contribution in [2.24, 2.45) is 11.3 Å². The second kappa shape index (κ2) is 11.5. The highest BCUT2D eigenvalue weighted by Crippen LogP contribution is 2.38. The van der Waals surface area contributed by atoms with Gasteiger partial charge in [0.2, 0.25) is 5.91 Å². The molecule has 0 atom stereocenters. The molecule has 6 nitrogen and oxygen atoms in total. The number of ether oxygens (including phenoxy) is 2. The lowest BCUT2D eigenvalue weighted by molar-refractivity contribution is -0.120. The van der Waals surface area contributed by atoms with Crippen LogP contribution in [0.3, 0.4) is 0 Å². The lowest BCUT2D eigenvalue weighted by Gasteiger charge is -2.34. The van der Waals surface area contributed by atoms with E-state index in [1.165, 1.54) is 18.2 Å². The summed E-state index contributed by atoms with van der Waals surface area (Å²) in [5, 5.41) is 1.73. The van der Waals surface area contributed by atoms with E-state index in [1.807, 2.05) is 17.0 Å². The third-order valence-electron chi connectivity index (χ3n) is 7.58. The number of carbonyl (C=O) groups is 2. The van der Waals surface area contributed by atoms with Crippen molar-refractivity contribution in [1.29, 1.82) is 0 Å². The average Bonchev–Trinajstić information content (AvgIpc) is 2.90. The largest absolute Gasteiger partial charge is 0.496 e. The number of anilines is 1. The van der Waals surface area contributed by atoms with Gasteiger partial charge in [0.1, 0.15) is 11.6 Å². The molecule has 0 bridgehead atoms. The first kappa shape index (κ1) is 27.6. The first-order chi connectivity index (χ1) is 18.1. The topological polar surface area (TPSA) is 68.7 Å². The van der Waals surface area contributed by atoms with Crippen LogP contribution < -0.4 is 9.64 Å². The van der Waals surface area contributed by atoms with Crippen LogP contribution >= 0.6 is 0 Å². The predicted octanol–water partition coefficient (Wildman–Crippen LogP) is 7.08. The van der Waals surface area contributed by atoms with Crippen LogP contribution in [0, 0.1) is 18.3 Å². The average molecular weight is 517 g/mol. The molecule has 1 aromatic heterocycles. The number of nitrogens with zero attached hydrogens (tertiary/aromatic N) is 2. The van der Waals surface area contributed by atoms with E-state index in [4.69, 9.17) is 9.47 Å². The monoisotopic (exact) mass is 516 g/mol. The lowest BCUT2D eigenvalue weighted by Crippen LogP contribution is -2.39. The fourth-order valence-corrected chi connectivity index (χ4v) is 5.57. The highest BCUT2D eigenvalue weighted by Gasteiger charge is 2.30. The fourth-order valence-electron chi connectivity index (χ4n) is 5.57. The molecule has 0 spiro atoms. The van der Waals surface area contributed by atoms with Gasteiger partial charge in [0, 0.05) is 24.5 Å². The van der Waals surface area contributed by atoms with E-state index in [9.17, 15) is 9.59 Å². The minimum Gasteiger partial charge on any atom is -0.496 e. The maximum atomic E-state index is 13.7. The number of aromatic nitrogens is 1. The normalized spacial score (nSPS) is 17.7. The Morgan fingerprint density at radius 2 is 1.74 bits per heavy atom. The molecule has 6 heteroatoms. The van der Waals surface area contributed by atoms with Gasteiger partial charge in [-0.05, 0) is 96.7 Å². The molecule has 3 aromatic rings. The predicted molar refractivity (Wildman–Crippen MR) is 152 cm³/mol. The molecule has 0 N–H and O–H groups in total. The summed E-state index contributed by atoms with van der Waals surface area (Å²) in [4.78, 5) is 32.3. The molecule has 0 unspecified atom stereocenters. The summed E-state index contributed by atoms with van der Waals surface area (Å²) < 4.78 is 10.3. The van der Waals surface area contributed by atoms with Gasteiger partial charge in [-0.3, -0.25) is 9.69 Å². The lowest BCUT2D eigenvalue weighted by atomic mass is 9.78. The van der Waals surface area contributed by atoms with Crippen molar-refractivity contribution in [2.75, 3.05) is 25.7 Å². The van der Waals surface area contributed by atoms with Gasteiger partial charge in [-0.2, -0.15) is 0 Å². The highest BCUT2D eigenvalue weighted by molar-refractivity contribution is 6.04. The second-order valence-electron chi connectivity index (χ2n) is 11.8. The molecule has 0 radical (unpaired) electrons. The van der Waals surface area contributed by atoms with Crippen LogP contribution in [0.15, 0.2) is 48.7 Å². The number of hydrogen-bond acceptors (Lipinski definition) is 5. The Bertz CT molecular complexity index is 1300. The van der Waals surface area contributed by atoms with Crippen LogP contribution in [0.2, 0.25) is 0 Å². The number of esters is 1. The van der Waals surface area contributed by atoms with Crippen LogP contribution in [-0.2, 0) is 9.53 Å². The Balaban J connectivity index is 1.57. The van der Waals surface area contributed by atoms with Gasteiger partial charge in [-0.1, -0.05) is 32.9 Å². The molecule has 1 aliphatic carbocycles. The molecule has 0 saturated heterocycles. The van der Waals surface area contributed by atoms with Crippen LogP contribution in [-0.4, -0.2) is 37.6 Å². The number of amides is 1. The number of methoxy groups -OCH3 is 2. The van der Waals surface area contributed by atoms with E-state index >= 15 is 0 Å². The van der Waals surface area contributed by atoms with Crippen molar-refractivity contribution in [3.05, 3.63) is 65.4 Å². The van der Waals surface area contributed by atoms with E-state index in [0.717, 1.165) is 42.2 Å². The number of pyridine rings is 1. The van der Waals surface area contributed by atoms with Crippen molar-refractivity contribution >= 4 is 28.5 Å². The molecule has 38 heavy (non-hydrogen) atoms. The molecule has 0 aliphatic heterocycles. The maximum Gasteiger partial charge on any atom is 0.337 e.